The molecule has 1 nitrogen and oxygen atoms in total. The Hall–Kier alpha value is -0.300. The second-order valence-corrected chi connectivity index (χ2v) is 5.43. The standard InChI is InChI=1S/C12H23N/c1-9(2)6-7-10(3)11(4)8-12(11,5)13/h6-7,9-10H,8,13H2,1-5H3/b7-6-. The summed E-state index contributed by atoms with van der Waals surface area (Å²) in [6, 6.07) is 0. The Bertz CT molecular complexity index is 215. The van der Waals surface area contributed by atoms with Crippen molar-refractivity contribution in [3.63, 3.8) is 0 Å². The van der Waals surface area contributed by atoms with Crippen molar-refractivity contribution >= 4 is 0 Å². The maximum atomic E-state index is 6.12. The zero-order chi connectivity index (χ0) is 10.3. The third-order valence-electron chi connectivity index (χ3n) is 3.70. The summed E-state index contributed by atoms with van der Waals surface area (Å²) in [7, 11) is 0. The predicted molar refractivity (Wildman–Crippen MR) is 58.5 cm³/mol. The van der Waals surface area contributed by atoms with Gasteiger partial charge in [-0.1, -0.05) is 39.8 Å². The van der Waals surface area contributed by atoms with Crippen LogP contribution in [0.3, 0.4) is 0 Å². The minimum absolute atomic E-state index is 0.0632. The van der Waals surface area contributed by atoms with Gasteiger partial charge in [-0.2, -0.15) is 0 Å². The molecule has 0 aromatic rings. The van der Waals surface area contributed by atoms with Crippen LogP contribution < -0.4 is 5.73 Å². The Labute approximate surface area is 82.4 Å². The second kappa shape index (κ2) is 3.13. The lowest BCUT2D eigenvalue weighted by Gasteiger charge is -2.20. The molecule has 0 heterocycles. The maximum absolute atomic E-state index is 6.12. The van der Waals surface area contributed by atoms with Crippen LogP contribution in [0.2, 0.25) is 0 Å². The van der Waals surface area contributed by atoms with Crippen molar-refractivity contribution in [1.82, 2.24) is 0 Å². The molecule has 3 atom stereocenters. The van der Waals surface area contributed by atoms with Gasteiger partial charge in [-0.15, -0.1) is 0 Å². The molecule has 1 rings (SSSR count). The van der Waals surface area contributed by atoms with Crippen LogP contribution in [0.15, 0.2) is 12.2 Å². The highest BCUT2D eigenvalue weighted by atomic mass is 14.9. The highest BCUT2D eigenvalue weighted by Crippen LogP contribution is 2.59. The van der Waals surface area contributed by atoms with Gasteiger partial charge in [0.15, 0.2) is 0 Å². The molecule has 0 amide bonds. The third-order valence-corrected chi connectivity index (χ3v) is 3.70. The van der Waals surface area contributed by atoms with Gasteiger partial charge in [0.2, 0.25) is 0 Å². The van der Waals surface area contributed by atoms with E-state index in [1.165, 1.54) is 0 Å². The van der Waals surface area contributed by atoms with Gasteiger partial charge in [-0.25, -0.2) is 0 Å². The quantitative estimate of drug-likeness (QED) is 0.666. The summed E-state index contributed by atoms with van der Waals surface area (Å²) in [6.45, 7) is 11.1. The van der Waals surface area contributed by atoms with E-state index in [0.717, 1.165) is 6.42 Å². The predicted octanol–water partition coefficient (Wildman–Crippen LogP) is 2.96. The highest BCUT2D eigenvalue weighted by molar-refractivity contribution is 5.19. The summed E-state index contributed by atoms with van der Waals surface area (Å²) in [6.07, 6.45) is 5.76. The van der Waals surface area contributed by atoms with Gasteiger partial charge < -0.3 is 5.73 Å². The second-order valence-electron chi connectivity index (χ2n) is 5.43. The average Bonchev–Trinajstić information content (AvgIpc) is 2.48. The van der Waals surface area contributed by atoms with E-state index in [4.69, 9.17) is 5.73 Å². The van der Waals surface area contributed by atoms with Crippen molar-refractivity contribution in [2.75, 3.05) is 0 Å². The van der Waals surface area contributed by atoms with E-state index < -0.39 is 0 Å². The lowest BCUT2D eigenvalue weighted by Crippen LogP contribution is -2.28. The normalized spacial score (nSPS) is 41.5. The first-order valence-corrected chi connectivity index (χ1v) is 5.27. The molecule has 0 saturated heterocycles. The average molecular weight is 181 g/mol. The van der Waals surface area contributed by atoms with E-state index in [1.54, 1.807) is 0 Å². The van der Waals surface area contributed by atoms with E-state index in [2.05, 4.69) is 46.8 Å². The fraction of sp³-hybridized carbons (Fsp3) is 0.833. The molecule has 1 aliphatic rings. The van der Waals surface area contributed by atoms with Gasteiger partial charge in [-0.05, 0) is 30.6 Å². The molecule has 76 valence electrons. The topological polar surface area (TPSA) is 26.0 Å². The number of hydrogen-bond acceptors (Lipinski definition) is 1. The SMILES string of the molecule is CC(C)/C=C\C(C)C1(C)CC1(C)N. The Balaban J connectivity index is 2.56. The van der Waals surface area contributed by atoms with Gasteiger partial charge in [0.25, 0.3) is 0 Å². The Morgan fingerprint density at radius 3 is 1.92 bits per heavy atom. The Kier molecular flexibility index (Phi) is 2.59. The molecule has 1 fully saturated rings. The van der Waals surface area contributed by atoms with Crippen LogP contribution in [0.5, 0.6) is 0 Å². The Morgan fingerprint density at radius 1 is 1.15 bits per heavy atom. The van der Waals surface area contributed by atoms with Gasteiger partial charge >= 0.3 is 0 Å². The molecule has 0 aliphatic heterocycles. The van der Waals surface area contributed by atoms with Crippen LogP contribution in [-0.4, -0.2) is 5.54 Å². The van der Waals surface area contributed by atoms with Crippen LogP contribution >= 0.6 is 0 Å². The largest absolute Gasteiger partial charge is 0.325 e. The fourth-order valence-electron chi connectivity index (χ4n) is 2.00. The van der Waals surface area contributed by atoms with E-state index in [-0.39, 0.29) is 5.54 Å². The fourth-order valence-corrected chi connectivity index (χ4v) is 2.00. The monoisotopic (exact) mass is 181 g/mol. The summed E-state index contributed by atoms with van der Waals surface area (Å²) in [5.74, 6) is 1.25. The minimum atomic E-state index is 0.0632. The van der Waals surface area contributed by atoms with E-state index >= 15 is 0 Å². The van der Waals surface area contributed by atoms with Crippen LogP contribution in [-0.2, 0) is 0 Å². The number of hydrogen-bond donors (Lipinski definition) is 1. The molecule has 1 aliphatic carbocycles. The third kappa shape index (κ3) is 1.96. The van der Waals surface area contributed by atoms with E-state index in [0.29, 0.717) is 17.3 Å². The molecule has 2 N–H and O–H groups in total. The first-order chi connectivity index (χ1) is 5.79. The van der Waals surface area contributed by atoms with Crippen LogP contribution in [0.4, 0.5) is 0 Å². The lowest BCUT2D eigenvalue weighted by molar-refractivity contribution is 0.375. The number of nitrogens with two attached hydrogens (primary N) is 1. The van der Waals surface area contributed by atoms with Crippen LogP contribution in [0, 0.1) is 17.3 Å². The summed E-state index contributed by atoms with van der Waals surface area (Å²) < 4.78 is 0. The maximum Gasteiger partial charge on any atom is 0.0192 e. The van der Waals surface area contributed by atoms with Crippen molar-refractivity contribution in [3.8, 4) is 0 Å². The molecule has 0 bridgehead atoms. The van der Waals surface area contributed by atoms with Crippen LogP contribution in [0.1, 0.15) is 41.0 Å². The molecule has 0 spiro atoms. The molecule has 1 heteroatoms. The van der Waals surface area contributed by atoms with Gasteiger partial charge in [0.1, 0.15) is 0 Å². The summed E-state index contributed by atoms with van der Waals surface area (Å²) in [5, 5.41) is 0. The van der Waals surface area contributed by atoms with E-state index in [9.17, 15) is 0 Å². The van der Waals surface area contributed by atoms with Gasteiger partial charge in [0, 0.05) is 5.54 Å². The first kappa shape index (κ1) is 10.8. The summed E-state index contributed by atoms with van der Waals surface area (Å²) >= 11 is 0. The number of rotatable bonds is 3. The van der Waals surface area contributed by atoms with E-state index in [1.807, 2.05) is 0 Å². The molecule has 0 aromatic carbocycles. The van der Waals surface area contributed by atoms with Crippen molar-refractivity contribution in [2.24, 2.45) is 23.0 Å². The van der Waals surface area contributed by atoms with Gasteiger partial charge in [-0.3, -0.25) is 0 Å². The van der Waals surface area contributed by atoms with Crippen LogP contribution in [0.25, 0.3) is 0 Å². The highest BCUT2D eigenvalue weighted by Gasteiger charge is 2.60. The molecular formula is C12H23N. The minimum Gasteiger partial charge on any atom is -0.325 e. The van der Waals surface area contributed by atoms with Crippen molar-refractivity contribution < 1.29 is 0 Å². The number of allylic oxidation sites excluding steroid dienone is 2. The summed E-state index contributed by atoms with van der Waals surface area (Å²) in [5.41, 5.74) is 6.51. The molecule has 1 saturated carbocycles. The van der Waals surface area contributed by atoms with Crippen molar-refractivity contribution in [1.29, 1.82) is 0 Å². The summed E-state index contributed by atoms with van der Waals surface area (Å²) in [4.78, 5) is 0. The van der Waals surface area contributed by atoms with Crippen molar-refractivity contribution in [2.45, 2.75) is 46.6 Å². The molecule has 3 unspecified atom stereocenters. The molecule has 0 radical (unpaired) electrons. The zero-order valence-electron chi connectivity index (χ0n) is 9.59. The molecule has 13 heavy (non-hydrogen) atoms. The first-order valence-electron chi connectivity index (χ1n) is 5.27. The zero-order valence-corrected chi connectivity index (χ0v) is 9.59. The smallest absolute Gasteiger partial charge is 0.0192 e. The Morgan fingerprint density at radius 2 is 1.62 bits per heavy atom. The molecular weight excluding hydrogens is 158 g/mol. The van der Waals surface area contributed by atoms with Gasteiger partial charge in [0.05, 0.1) is 0 Å². The lowest BCUT2D eigenvalue weighted by atomic mass is 9.87. The van der Waals surface area contributed by atoms with Crippen molar-refractivity contribution in [3.05, 3.63) is 12.2 Å². The molecule has 0 aromatic heterocycles.